The molecule has 2 aliphatic rings. The summed E-state index contributed by atoms with van der Waals surface area (Å²) in [6, 6.07) is 0.468. The van der Waals surface area contributed by atoms with E-state index >= 15 is 0 Å². The topological polar surface area (TPSA) is 52.0 Å². The molecule has 1 aliphatic heterocycles. The van der Waals surface area contributed by atoms with Gasteiger partial charge in [0.2, 0.25) is 0 Å². The number of nitrogens with one attached hydrogen (secondary N) is 1. The van der Waals surface area contributed by atoms with Gasteiger partial charge in [-0.15, -0.1) is 0 Å². The molecule has 0 radical (unpaired) electrons. The van der Waals surface area contributed by atoms with Crippen LogP contribution < -0.4 is 5.32 Å². The monoisotopic (exact) mass is 250 g/mol. The summed E-state index contributed by atoms with van der Waals surface area (Å²) in [6.07, 6.45) is 7.60. The molecule has 1 spiro atoms. The molecular weight excluding hydrogens is 228 g/mol. The predicted octanol–water partition coefficient (Wildman–Crippen LogP) is 1.66. The van der Waals surface area contributed by atoms with Gasteiger partial charge in [-0.05, 0) is 38.6 Å². The van der Waals surface area contributed by atoms with Crippen LogP contribution in [0, 0.1) is 0 Å². The van der Waals surface area contributed by atoms with Gasteiger partial charge in [-0.1, -0.05) is 6.92 Å². The lowest BCUT2D eigenvalue weighted by Crippen LogP contribution is -2.46. The summed E-state index contributed by atoms with van der Waals surface area (Å²) >= 11 is 0. The fourth-order valence-electron chi connectivity index (χ4n) is 3.07. The normalized spacial score (nSPS) is 26.2. The molecule has 1 N–H and O–H groups in total. The Morgan fingerprint density at radius 3 is 3.17 bits per heavy atom. The summed E-state index contributed by atoms with van der Waals surface area (Å²) < 4.78 is 8.09. The van der Waals surface area contributed by atoms with E-state index in [4.69, 9.17) is 4.74 Å². The van der Waals surface area contributed by atoms with E-state index in [0.29, 0.717) is 6.04 Å². The first-order chi connectivity index (χ1) is 8.83. The summed E-state index contributed by atoms with van der Waals surface area (Å²) in [4.78, 5) is 4.37. The van der Waals surface area contributed by atoms with Crippen LogP contribution in [0.5, 0.6) is 0 Å². The maximum absolute atomic E-state index is 5.97. The van der Waals surface area contributed by atoms with Crippen LogP contribution >= 0.6 is 0 Å². The third kappa shape index (κ3) is 2.17. The van der Waals surface area contributed by atoms with Crippen molar-refractivity contribution >= 4 is 0 Å². The molecule has 5 nitrogen and oxygen atoms in total. The Balaban J connectivity index is 1.71. The Labute approximate surface area is 108 Å². The van der Waals surface area contributed by atoms with Crippen molar-refractivity contribution in [1.29, 1.82) is 0 Å². The first-order valence-electron chi connectivity index (χ1n) is 7.06. The quantitative estimate of drug-likeness (QED) is 0.883. The number of nitrogens with zero attached hydrogens (tertiary/aromatic N) is 3. The largest absolute Gasteiger partial charge is 0.375 e. The van der Waals surface area contributed by atoms with Gasteiger partial charge < -0.3 is 10.1 Å². The predicted molar refractivity (Wildman–Crippen MR) is 68.2 cm³/mol. The van der Waals surface area contributed by atoms with Crippen LogP contribution in [0.3, 0.4) is 0 Å². The molecule has 2 heterocycles. The van der Waals surface area contributed by atoms with E-state index in [-0.39, 0.29) is 5.60 Å². The van der Waals surface area contributed by atoms with Gasteiger partial charge in [0, 0.05) is 6.61 Å². The molecule has 1 aliphatic carbocycles. The van der Waals surface area contributed by atoms with E-state index in [0.717, 1.165) is 38.4 Å². The van der Waals surface area contributed by atoms with Crippen molar-refractivity contribution in [3.05, 3.63) is 12.2 Å². The lowest BCUT2D eigenvalue weighted by atomic mass is 9.74. The van der Waals surface area contributed by atoms with Gasteiger partial charge in [0.15, 0.2) is 0 Å². The van der Waals surface area contributed by atoms with Gasteiger partial charge in [-0.25, -0.2) is 9.67 Å². The second-order valence-corrected chi connectivity index (χ2v) is 5.43. The van der Waals surface area contributed by atoms with Crippen LogP contribution in [0.4, 0.5) is 0 Å². The lowest BCUT2D eigenvalue weighted by Gasteiger charge is -2.47. The highest BCUT2D eigenvalue weighted by molar-refractivity contribution is 4.97. The van der Waals surface area contributed by atoms with Crippen molar-refractivity contribution in [2.45, 2.75) is 57.2 Å². The number of ether oxygens (including phenoxy) is 1. The molecular formula is C13H22N4O. The van der Waals surface area contributed by atoms with Crippen LogP contribution in [0.25, 0.3) is 0 Å². The van der Waals surface area contributed by atoms with E-state index in [1.165, 1.54) is 19.3 Å². The molecule has 0 bridgehead atoms. The van der Waals surface area contributed by atoms with E-state index in [1.54, 1.807) is 6.33 Å². The molecule has 1 atom stereocenters. The molecule has 100 valence electrons. The smallest absolute Gasteiger partial charge is 0.141 e. The second-order valence-electron chi connectivity index (χ2n) is 5.43. The third-order valence-electron chi connectivity index (χ3n) is 4.26. The molecule has 1 aromatic rings. The fraction of sp³-hybridized carbons (Fsp3) is 0.846. The Morgan fingerprint density at radius 1 is 1.56 bits per heavy atom. The highest BCUT2D eigenvalue weighted by Gasteiger charge is 2.43. The van der Waals surface area contributed by atoms with Crippen molar-refractivity contribution in [3.63, 3.8) is 0 Å². The average Bonchev–Trinajstić information content (AvgIpc) is 2.83. The highest BCUT2D eigenvalue weighted by Crippen LogP contribution is 2.45. The van der Waals surface area contributed by atoms with Crippen molar-refractivity contribution < 1.29 is 4.74 Å². The maximum atomic E-state index is 5.97. The second kappa shape index (κ2) is 4.97. The minimum Gasteiger partial charge on any atom is -0.375 e. The van der Waals surface area contributed by atoms with Crippen molar-refractivity contribution in [1.82, 2.24) is 20.1 Å². The molecule has 3 rings (SSSR count). The Bertz CT molecular complexity index is 399. The molecule has 18 heavy (non-hydrogen) atoms. The summed E-state index contributed by atoms with van der Waals surface area (Å²) in [6.45, 7) is 4.75. The molecule has 1 unspecified atom stereocenters. The molecule has 0 aromatic carbocycles. The zero-order chi connectivity index (χ0) is 12.4. The lowest BCUT2D eigenvalue weighted by molar-refractivity contribution is -0.141. The molecule has 1 saturated carbocycles. The summed E-state index contributed by atoms with van der Waals surface area (Å²) in [5.74, 6) is 1.05. The van der Waals surface area contributed by atoms with Gasteiger partial charge in [-0.3, -0.25) is 0 Å². The van der Waals surface area contributed by atoms with E-state index < -0.39 is 0 Å². The van der Waals surface area contributed by atoms with Crippen LogP contribution in [0.1, 0.15) is 50.9 Å². The van der Waals surface area contributed by atoms with Crippen LogP contribution in [-0.2, 0) is 11.3 Å². The average molecular weight is 250 g/mol. The summed E-state index contributed by atoms with van der Waals surface area (Å²) in [5.41, 5.74) is 0.171. The minimum atomic E-state index is 0.171. The van der Waals surface area contributed by atoms with E-state index in [1.807, 2.05) is 0 Å². The zero-order valence-corrected chi connectivity index (χ0v) is 11.1. The highest BCUT2D eigenvalue weighted by atomic mass is 16.5. The standard InChI is InChI=1S/C13H22N4O/c1-2-14-9-12-15-10-16-17(12)11-4-7-18-13(8-11)5-3-6-13/h10-11,14H,2-9H2,1H3. The Morgan fingerprint density at radius 2 is 2.44 bits per heavy atom. The molecule has 5 heteroatoms. The van der Waals surface area contributed by atoms with Gasteiger partial charge >= 0.3 is 0 Å². The van der Waals surface area contributed by atoms with Gasteiger partial charge in [0.05, 0.1) is 18.2 Å². The minimum absolute atomic E-state index is 0.171. The summed E-state index contributed by atoms with van der Waals surface area (Å²) in [7, 11) is 0. The first-order valence-corrected chi connectivity index (χ1v) is 7.06. The van der Waals surface area contributed by atoms with E-state index in [9.17, 15) is 0 Å². The first kappa shape index (κ1) is 12.1. The Hall–Kier alpha value is -0.940. The van der Waals surface area contributed by atoms with Crippen molar-refractivity contribution in [3.8, 4) is 0 Å². The molecule has 0 amide bonds. The van der Waals surface area contributed by atoms with Crippen molar-refractivity contribution in [2.75, 3.05) is 13.2 Å². The zero-order valence-electron chi connectivity index (χ0n) is 11.1. The van der Waals surface area contributed by atoms with Crippen LogP contribution in [0.15, 0.2) is 6.33 Å². The van der Waals surface area contributed by atoms with E-state index in [2.05, 4.69) is 27.0 Å². The summed E-state index contributed by atoms with van der Waals surface area (Å²) in [5, 5.41) is 7.75. The Kier molecular flexibility index (Phi) is 3.35. The number of hydrogen-bond donors (Lipinski definition) is 1. The molecule has 2 fully saturated rings. The SMILES string of the molecule is CCNCc1ncnn1C1CCOC2(CCC2)C1. The number of rotatable bonds is 4. The molecule has 1 aromatic heterocycles. The van der Waals surface area contributed by atoms with Crippen molar-refractivity contribution in [2.24, 2.45) is 0 Å². The third-order valence-corrected chi connectivity index (χ3v) is 4.26. The maximum Gasteiger partial charge on any atom is 0.141 e. The number of aromatic nitrogens is 3. The van der Waals surface area contributed by atoms with Crippen LogP contribution in [-0.4, -0.2) is 33.5 Å². The van der Waals surface area contributed by atoms with Gasteiger partial charge in [-0.2, -0.15) is 5.10 Å². The number of hydrogen-bond acceptors (Lipinski definition) is 4. The van der Waals surface area contributed by atoms with Gasteiger partial charge in [0.1, 0.15) is 12.2 Å². The fourth-order valence-corrected chi connectivity index (χ4v) is 3.07. The van der Waals surface area contributed by atoms with Crippen LogP contribution in [0.2, 0.25) is 0 Å². The molecule has 1 saturated heterocycles. The van der Waals surface area contributed by atoms with Gasteiger partial charge in [0.25, 0.3) is 0 Å².